The van der Waals surface area contributed by atoms with Crippen molar-refractivity contribution < 1.29 is 9.47 Å². The minimum atomic E-state index is 0.126. The van der Waals surface area contributed by atoms with Crippen LogP contribution in [-0.4, -0.2) is 57.5 Å². The SMILES string of the molecule is COCC(N)CN1CCC(OC)C1. The summed E-state index contributed by atoms with van der Waals surface area (Å²) >= 11 is 0. The first-order chi connectivity index (χ1) is 6.26. The van der Waals surface area contributed by atoms with Crippen molar-refractivity contribution in [3.8, 4) is 0 Å². The largest absolute Gasteiger partial charge is 0.383 e. The number of hydrogen-bond donors (Lipinski definition) is 1. The first kappa shape index (κ1) is 10.9. The van der Waals surface area contributed by atoms with Gasteiger partial charge in [0.15, 0.2) is 0 Å². The predicted octanol–water partition coefficient (Wildman–Crippen LogP) is -0.319. The van der Waals surface area contributed by atoms with E-state index in [1.165, 1.54) is 0 Å². The molecular formula is C9H20N2O2. The van der Waals surface area contributed by atoms with Crippen LogP contribution in [0.25, 0.3) is 0 Å². The molecule has 4 heteroatoms. The van der Waals surface area contributed by atoms with Crippen LogP contribution < -0.4 is 5.73 Å². The van der Waals surface area contributed by atoms with E-state index in [0.717, 1.165) is 26.1 Å². The maximum absolute atomic E-state index is 5.84. The number of likely N-dealkylation sites (tertiary alicyclic amines) is 1. The monoisotopic (exact) mass is 188 g/mol. The van der Waals surface area contributed by atoms with Crippen LogP contribution in [0.1, 0.15) is 6.42 Å². The molecule has 2 atom stereocenters. The maximum Gasteiger partial charge on any atom is 0.0710 e. The number of nitrogens with zero attached hydrogens (tertiary/aromatic N) is 1. The Morgan fingerprint density at radius 1 is 1.54 bits per heavy atom. The highest BCUT2D eigenvalue weighted by molar-refractivity contribution is 4.78. The second-order valence-corrected chi connectivity index (χ2v) is 3.62. The molecule has 0 aromatic carbocycles. The minimum absolute atomic E-state index is 0.126. The lowest BCUT2D eigenvalue weighted by atomic mass is 10.3. The van der Waals surface area contributed by atoms with Crippen LogP contribution in [0.3, 0.4) is 0 Å². The molecule has 0 aromatic rings. The van der Waals surface area contributed by atoms with Gasteiger partial charge in [-0.1, -0.05) is 0 Å². The summed E-state index contributed by atoms with van der Waals surface area (Å²) in [5.74, 6) is 0. The van der Waals surface area contributed by atoms with E-state index in [-0.39, 0.29) is 6.04 Å². The summed E-state index contributed by atoms with van der Waals surface area (Å²) in [6.45, 7) is 3.64. The van der Waals surface area contributed by atoms with Gasteiger partial charge in [0.05, 0.1) is 12.7 Å². The van der Waals surface area contributed by atoms with Gasteiger partial charge in [-0.3, -0.25) is 4.90 Å². The molecule has 1 fully saturated rings. The van der Waals surface area contributed by atoms with E-state index in [9.17, 15) is 0 Å². The van der Waals surface area contributed by atoms with E-state index >= 15 is 0 Å². The van der Waals surface area contributed by atoms with E-state index < -0.39 is 0 Å². The highest BCUT2D eigenvalue weighted by Crippen LogP contribution is 2.11. The molecule has 1 aliphatic rings. The van der Waals surface area contributed by atoms with Gasteiger partial charge in [-0.25, -0.2) is 0 Å². The highest BCUT2D eigenvalue weighted by atomic mass is 16.5. The molecule has 0 amide bonds. The molecule has 2 N–H and O–H groups in total. The van der Waals surface area contributed by atoms with E-state index in [2.05, 4.69) is 4.90 Å². The Labute approximate surface area is 80.0 Å². The maximum atomic E-state index is 5.84. The molecule has 1 aliphatic heterocycles. The van der Waals surface area contributed by atoms with Crippen molar-refractivity contribution in [2.75, 3.05) is 40.5 Å². The van der Waals surface area contributed by atoms with Crippen molar-refractivity contribution in [2.24, 2.45) is 5.73 Å². The van der Waals surface area contributed by atoms with Crippen LogP contribution in [0.4, 0.5) is 0 Å². The number of ether oxygens (including phenoxy) is 2. The lowest BCUT2D eigenvalue weighted by molar-refractivity contribution is 0.104. The van der Waals surface area contributed by atoms with Crippen LogP contribution >= 0.6 is 0 Å². The lowest BCUT2D eigenvalue weighted by Gasteiger charge is -2.19. The Balaban J connectivity index is 2.16. The number of hydrogen-bond acceptors (Lipinski definition) is 4. The number of nitrogens with two attached hydrogens (primary N) is 1. The van der Waals surface area contributed by atoms with Gasteiger partial charge in [0.25, 0.3) is 0 Å². The molecule has 0 radical (unpaired) electrons. The Hall–Kier alpha value is -0.160. The quantitative estimate of drug-likeness (QED) is 0.642. The first-order valence-electron chi connectivity index (χ1n) is 4.76. The fourth-order valence-corrected chi connectivity index (χ4v) is 1.75. The second kappa shape index (κ2) is 5.54. The fraction of sp³-hybridized carbons (Fsp3) is 1.00. The van der Waals surface area contributed by atoms with Crippen molar-refractivity contribution in [1.82, 2.24) is 4.90 Å². The third-order valence-corrected chi connectivity index (χ3v) is 2.44. The van der Waals surface area contributed by atoms with E-state index in [1.54, 1.807) is 14.2 Å². The third kappa shape index (κ3) is 3.60. The van der Waals surface area contributed by atoms with E-state index in [1.807, 2.05) is 0 Å². The number of rotatable bonds is 5. The number of methoxy groups -OCH3 is 2. The molecule has 1 saturated heterocycles. The standard InChI is InChI=1S/C9H20N2O2/c1-12-7-8(10)5-11-4-3-9(6-11)13-2/h8-9H,3-7,10H2,1-2H3. The first-order valence-corrected chi connectivity index (χ1v) is 4.76. The molecule has 2 unspecified atom stereocenters. The average molecular weight is 188 g/mol. The zero-order chi connectivity index (χ0) is 9.68. The minimum Gasteiger partial charge on any atom is -0.383 e. The molecule has 0 aromatic heterocycles. The molecular weight excluding hydrogens is 168 g/mol. The van der Waals surface area contributed by atoms with E-state index in [4.69, 9.17) is 15.2 Å². The van der Waals surface area contributed by atoms with Gasteiger partial charge in [-0.05, 0) is 6.42 Å². The molecule has 0 saturated carbocycles. The Morgan fingerprint density at radius 2 is 2.31 bits per heavy atom. The van der Waals surface area contributed by atoms with Gasteiger partial charge in [-0.15, -0.1) is 0 Å². The van der Waals surface area contributed by atoms with Crippen LogP contribution in [0.2, 0.25) is 0 Å². The topological polar surface area (TPSA) is 47.7 Å². The van der Waals surface area contributed by atoms with Gasteiger partial charge >= 0.3 is 0 Å². The van der Waals surface area contributed by atoms with Crippen LogP contribution in [-0.2, 0) is 9.47 Å². The van der Waals surface area contributed by atoms with Gasteiger partial charge < -0.3 is 15.2 Å². The van der Waals surface area contributed by atoms with Crippen molar-refractivity contribution >= 4 is 0 Å². The molecule has 78 valence electrons. The zero-order valence-corrected chi connectivity index (χ0v) is 8.53. The highest BCUT2D eigenvalue weighted by Gasteiger charge is 2.22. The van der Waals surface area contributed by atoms with Gasteiger partial charge in [0.1, 0.15) is 0 Å². The zero-order valence-electron chi connectivity index (χ0n) is 8.53. The summed E-state index contributed by atoms with van der Waals surface area (Å²) in [6.07, 6.45) is 1.52. The van der Waals surface area contributed by atoms with Gasteiger partial charge in [-0.2, -0.15) is 0 Å². The summed E-state index contributed by atoms with van der Waals surface area (Å²) in [5.41, 5.74) is 5.84. The summed E-state index contributed by atoms with van der Waals surface area (Å²) in [4.78, 5) is 2.33. The van der Waals surface area contributed by atoms with Gasteiger partial charge in [0, 0.05) is 39.9 Å². The molecule has 1 rings (SSSR count). The molecule has 13 heavy (non-hydrogen) atoms. The lowest BCUT2D eigenvalue weighted by Crippen LogP contribution is -2.39. The second-order valence-electron chi connectivity index (χ2n) is 3.62. The summed E-state index contributed by atoms with van der Waals surface area (Å²) in [6, 6.07) is 0.126. The Morgan fingerprint density at radius 3 is 2.85 bits per heavy atom. The van der Waals surface area contributed by atoms with Crippen molar-refractivity contribution in [3.05, 3.63) is 0 Å². The van der Waals surface area contributed by atoms with Crippen LogP contribution in [0.15, 0.2) is 0 Å². The summed E-state index contributed by atoms with van der Waals surface area (Å²) in [7, 11) is 3.45. The normalized spacial score (nSPS) is 26.5. The Bertz CT molecular complexity index is 144. The van der Waals surface area contributed by atoms with E-state index in [0.29, 0.717) is 12.7 Å². The van der Waals surface area contributed by atoms with Crippen LogP contribution in [0, 0.1) is 0 Å². The summed E-state index contributed by atoms with van der Waals surface area (Å²) in [5, 5.41) is 0. The summed E-state index contributed by atoms with van der Waals surface area (Å²) < 4.78 is 10.3. The smallest absolute Gasteiger partial charge is 0.0710 e. The van der Waals surface area contributed by atoms with Crippen molar-refractivity contribution in [3.63, 3.8) is 0 Å². The molecule has 1 heterocycles. The average Bonchev–Trinajstić information content (AvgIpc) is 2.52. The molecule has 4 nitrogen and oxygen atoms in total. The fourth-order valence-electron chi connectivity index (χ4n) is 1.75. The molecule has 0 aliphatic carbocycles. The molecule has 0 bridgehead atoms. The van der Waals surface area contributed by atoms with Crippen LogP contribution in [0.5, 0.6) is 0 Å². The van der Waals surface area contributed by atoms with Crippen molar-refractivity contribution in [1.29, 1.82) is 0 Å². The predicted molar refractivity (Wildman–Crippen MR) is 51.7 cm³/mol. The van der Waals surface area contributed by atoms with Gasteiger partial charge in [0.2, 0.25) is 0 Å². The molecule has 0 spiro atoms. The Kier molecular flexibility index (Phi) is 4.66. The van der Waals surface area contributed by atoms with Crippen molar-refractivity contribution in [2.45, 2.75) is 18.6 Å². The third-order valence-electron chi connectivity index (χ3n) is 2.44.